The molecule has 1 amide bonds. The summed E-state index contributed by atoms with van der Waals surface area (Å²) in [6.07, 6.45) is -5.04. The molecule has 0 aliphatic heterocycles. The van der Waals surface area contributed by atoms with Crippen molar-refractivity contribution in [2.75, 3.05) is 11.9 Å². The Kier molecular flexibility index (Phi) is 7.03. The maximum Gasteiger partial charge on any atom is 0.418 e. The Morgan fingerprint density at radius 2 is 1.71 bits per heavy atom. The van der Waals surface area contributed by atoms with E-state index in [1.165, 1.54) is 19.1 Å². The molecule has 8 heteroatoms. The number of alkyl halides is 3. The van der Waals surface area contributed by atoms with E-state index in [2.05, 4.69) is 5.32 Å². The molecule has 2 aromatic rings. The first kappa shape index (κ1) is 21.3. The molecular formula is C20H20F3NO4. The summed E-state index contributed by atoms with van der Waals surface area (Å²) in [5.41, 5.74) is -0.282. The Hall–Kier alpha value is -3.03. The second-order valence-electron chi connectivity index (χ2n) is 5.95. The SMILES string of the molecule is CCc1ccc(OCC(=O)OC(C)C(=O)Nc2ccccc2C(F)(F)F)cc1. The van der Waals surface area contributed by atoms with Gasteiger partial charge in [0.15, 0.2) is 12.7 Å². The van der Waals surface area contributed by atoms with Gasteiger partial charge in [0, 0.05) is 0 Å². The van der Waals surface area contributed by atoms with Gasteiger partial charge in [0.1, 0.15) is 5.75 Å². The lowest BCUT2D eigenvalue weighted by Crippen LogP contribution is -2.32. The highest BCUT2D eigenvalue weighted by atomic mass is 19.4. The Morgan fingerprint density at radius 3 is 2.32 bits per heavy atom. The van der Waals surface area contributed by atoms with Gasteiger partial charge in [-0.3, -0.25) is 4.79 Å². The lowest BCUT2D eigenvalue weighted by atomic mass is 10.1. The molecule has 0 saturated heterocycles. The molecule has 0 aliphatic rings. The highest BCUT2D eigenvalue weighted by Gasteiger charge is 2.34. The number of para-hydroxylation sites is 1. The van der Waals surface area contributed by atoms with Crippen LogP contribution >= 0.6 is 0 Å². The third kappa shape index (κ3) is 6.00. The summed E-state index contributed by atoms with van der Waals surface area (Å²) in [5.74, 6) is -1.23. The van der Waals surface area contributed by atoms with E-state index in [9.17, 15) is 22.8 Å². The van der Waals surface area contributed by atoms with Crippen LogP contribution in [0.5, 0.6) is 5.75 Å². The molecule has 1 unspecified atom stereocenters. The zero-order valence-electron chi connectivity index (χ0n) is 15.4. The zero-order chi connectivity index (χ0) is 20.7. The lowest BCUT2D eigenvalue weighted by molar-refractivity contribution is -0.155. The summed E-state index contributed by atoms with van der Waals surface area (Å²) >= 11 is 0. The lowest BCUT2D eigenvalue weighted by Gasteiger charge is -2.17. The molecule has 0 heterocycles. The normalized spacial score (nSPS) is 12.2. The minimum absolute atomic E-state index is 0.407. The van der Waals surface area contributed by atoms with Gasteiger partial charge < -0.3 is 14.8 Å². The van der Waals surface area contributed by atoms with Crippen LogP contribution in [0.25, 0.3) is 0 Å². The molecule has 150 valence electrons. The van der Waals surface area contributed by atoms with Crippen molar-refractivity contribution in [3.8, 4) is 5.75 Å². The molecule has 0 aromatic heterocycles. The smallest absolute Gasteiger partial charge is 0.418 e. The number of carbonyl (C=O) groups is 2. The molecule has 0 fully saturated rings. The van der Waals surface area contributed by atoms with Crippen molar-refractivity contribution in [2.45, 2.75) is 32.5 Å². The highest BCUT2D eigenvalue weighted by molar-refractivity contribution is 5.95. The summed E-state index contributed by atoms with van der Waals surface area (Å²) in [7, 11) is 0. The molecule has 28 heavy (non-hydrogen) atoms. The molecule has 2 rings (SSSR count). The predicted molar refractivity (Wildman–Crippen MR) is 96.9 cm³/mol. The summed E-state index contributed by atoms with van der Waals surface area (Å²) in [4.78, 5) is 23.9. The number of hydrogen-bond acceptors (Lipinski definition) is 4. The number of carbonyl (C=O) groups excluding carboxylic acids is 2. The maximum absolute atomic E-state index is 13.0. The van der Waals surface area contributed by atoms with Crippen molar-refractivity contribution < 1.29 is 32.2 Å². The number of anilines is 1. The first-order valence-electron chi connectivity index (χ1n) is 8.59. The van der Waals surface area contributed by atoms with E-state index < -0.39 is 42.0 Å². The number of amides is 1. The van der Waals surface area contributed by atoms with E-state index in [4.69, 9.17) is 9.47 Å². The summed E-state index contributed by atoms with van der Waals surface area (Å²) in [5, 5.41) is 2.13. The summed E-state index contributed by atoms with van der Waals surface area (Å²) in [6.45, 7) is 2.84. The second kappa shape index (κ2) is 9.25. The first-order valence-corrected chi connectivity index (χ1v) is 8.59. The molecule has 0 saturated carbocycles. The third-order valence-corrected chi connectivity index (χ3v) is 3.86. The fourth-order valence-electron chi connectivity index (χ4n) is 2.32. The Bertz CT molecular complexity index is 819. The van der Waals surface area contributed by atoms with Gasteiger partial charge >= 0.3 is 12.1 Å². The van der Waals surface area contributed by atoms with Gasteiger partial charge in [-0.1, -0.05) is 31.2 Å². The zero-order valence-corrected chi connectivity index (χ0v) is 15.4. The molecule has 2 aromatic carbocycles. The van der Waals surface area contributed by atoms with Crippen LogP contribution in [-0.4, -0.2) is 24.6 Å². The van der Waals surface area contributed by atoms with Gasteiger partial charge in [-0.15, -0.1) is 0 Å². The van der Waals surface area contributed by atoms with E-state index in [1.807, 2.05) is 19.1 Å². The summed E-state index contributed by atoms with van der Waals surface area (Å²) < 4.78 is 49.1. The van der Waals surface area contributed by atoms with Crippen LogP contribution in [0.2, 0.25) is 0 Å². The van der Waals surface area contributed by atoms with Crippen LogP contribution in [0.15, 0.2) is 48.5 Å². The number of benzene rings is 2. The highest BCUT2D eigenvalue weighted by Crippen LogP contribution is 2.34. The summed E-state index contributed by atoms with van der Waals surface area (Å²) in [6, 6.07) is 11.7. The van der Waals surface area contributed by atoms with Gasteiger partial charge in [-0.2, -0.15) is 13.2 Å². The molecule has 1 atom stereocenters. The monoisotopic (exact) mass is 395 g/mol. The van der Waals surface area contributed by atoms with Crippen LogP contribution in [0.3, 0.4) is 0 Å². The average molecular weight is 395 g/mol. The number of nitrogens with one attached hydrogen (secondary N) is 1. The van der Waals surface area contributed by atoms with Crippen molar-refractivity contribution in [2.24, 2.45) is 0 Å². The number of aryl methyl sites for hydroxylation is 1. The fourth-order valence-corrected chi connectivity index (χ4v) is 2.32. The molecular weight excluding hydrogens is 375 g/mol. The average Bonchev–Trinajstić information content (AvgIpc) is 2.66. The quantitative estimate of drug-likeness (QED) is 0.713. The molecule has 0 spiro atoms. The van der Waals surface area contributed by atoms with E-state index in [1.54, 1.807) is 12.1 Å². The predicted octanol–water partition coefficient (Wildman–Crippen LogP) is 4.22. The standard InChI is InChI=1S/C20H20F3NO4/c1-3-14-8-10-15(11-9-14)27-12-18(25)28-13(2)19(26)24-17-7-5-4-6-16(17)20(21,22)23/h4-11,13H,3,12H2,1-2H3,(H,24,26). The van der Waals surface area contributed by atoms with Crippen molar-refractivity contribution in [1.82, 2.24) is 0 Å². The largest absolute Gasteiger partial charge is 0.482 e. The van der Waals surface area contributed by atoms with Crippen LogP contribution in [-0.2, 0) is 26.9 Å². The van der Waals surface area contributed by atoms with Crippen LogP contribution in [0, 0.1) is 0 Å². The fraction of sp³-hybridized carbons (Fsp3) is 0.300. The minimum Gasteiger partial charge on any atom is -0.482 e. The molecule has 0 bridgehead atoms. The van der Waals surface area contributed by atoms with E-state index in [0.29, 0.717) is 5.75 Å². The van der Waals surface area contributed by atoms with Gasteiger partial charge in [0.2, 0.25) is 0 Å². The van der Waals surface area contributed by atoms with Gasteiger partial charge in [0.25, 0.3) is 5.91 Å². The van der Waals surface area contributed by atoms with E-state index >= 15 is 0 Å². The number of rotatable bonds is 7. The second-order valence-corrected chi connectivity index (χ2v) is 5.95. The van der Waals surface area contributed by atoms with Crippen LogP contribution < -0.4 is 10.1 Å². The van der Waals surface area contributed by atoms with E-state index in [0.717, 1.165) is 24.1 Å². The molecule has 0 aliphatic carbocycles. The maximum atomic E-state index is 13.0. The van der Waals surface area contributed by atoms with Gasteiger partial charge in [-0.05, 0) is 43.2 Å². The third-order valence-electron chi connectivity index (χ3n) is 3.86. The Labute approximate surface area is 160 Å². The van der Waals surface area contributed by atoms with E-state index in [-0.39, 0.29) is 0 Å². The van der Waals surface area contributed by atoms with Gasteiger partial charge in [0.05, 0.1) is 11.3 Å². The van der Waals surface area contributed by atoms with Crippen LogP contribution in [0.4, 0.5) is 18.9 Å². The topological polar surface area (TPSA) is 64.6 Å². The molecule has 1 N–H and O–H groups in total. The number of hydrogen-bond donors (Lipinski definition) is 1. The van der Waals surface area contributed by atoms with Gasteiger partial charge in [-0.25, -0.2) is 4.79 Å². The number of halogens is 3. The Morgan fingerprint density at radius 1 is 1.07 bits per heavy atom. The van der Waals surface area contributed by atoms with Crippen LogP contribution in [0.1, 0.15) is 25.0 Å². The Balaban J connectivity index is 1.89. The number of ether oxygens (including phenoxy) is 2. The van der Waals surface area contributed by atoms with Crippen molar-refractivity contribution in [3.05, 3.63) is 59.7 Å². The molecule has 5 nitrogen and oxygen atoms in total. The van der Waals surface area contributed by atoms with Crippen molar-refractivity contribution >= 4 is 17.6 Å². The first-order chi connectivity index (χ1) is 13.2. The number of esters is 1. The van der Waals surface area contributed by atoms with Crippen molar-refractivity contribution in [3.63, 3.8) is 0 Å². The van der Waals surface area contributed by atoms with Crippen molar-refractivity contribution in [1.29, 1.82) is 0 Å². The molecule has 0 radical (unpaired) electrons. The minimum atomic E-state index is -4.62.